The number of carbonyl (C=O) groups excluding carboxylic acids is 2. The molecule has 4 N–H and O–H groups in total. The summed E-state index contributed by atoms with van der Waals surface area (Å²) in [7, 11) is 0. The molecular formula is C16H11F3N6O3. The predicted molar refractivity (Wildman–Crippen MR) is 89.9 cm³/mol. The highest BCUT2D eigenvalue weighted by Crippen LogP contribution is 2.33. The molecule has 0 aliphatic carbocycles. The van der Waals surface area contributed by atoms with Crippen LogP contribution in [0.2, 0.25) is 0 Å². The van der Waals surface area contributed by atoms with Crippen molar-refractivity contribution in [3.05, 3.63) is 69.8 Å². The third-order valence-corrected chi connectivity index (χ3v) is 3.59. The highest BCUT2D eigenvalue weighted by atomic mass is 19.4. The van der Waals surface area contributed by atoms with E-state index in [-0.39, 0.29) is 17.1 Å². The van der Waals surface area contributed by atoms with Gasteiger partial charge < -0.3 is 11.1 Å². The van der Waals surface area contributed by atoms with Gasteiger partial charge in [-0.1, -0.05) is 0 Å². The monoisotopic (exact) mass is 392 g/mol. The first-order valence-corrected chi connectivity index (χ1v) is 7.59. The number of hydrogen-bond acceptors (Lipinski definition) is 5. The minimum Gasteiger partial charge on any atom is -0.366 e. The molecule has 2 amide bonds. The van der Waals surface area contributed by atoms with Crippen molar-refractivity contribution in [3.63, 3.8) is 0 Å². The van der Waals surface area contributed by atoms with Crippen molar-refractivity contribution in [3.8, 4) is 5.82 Å². The number of nitrogens with zero attached hydrogens (tertiary/aromatic N) is 3. The number of nitrogens with two attached hydrogens (primary N) is 1. The van der Waals surface area contributed by atoms with E-state index >= 15 is 0 Å². The number of aromatic amines is 1. The Hall–Kier alpha value is -3.96. The second kappa shape index (κ2) is 6.98. The van der Waals surface area contributed by atoms with Crippen LogP contribution in [0.25, 0.3) is 5.82 Å². The van der Waals surface area contributed by atoms with Crippen molar-refractivity contribution >= 4 is 17.5 Å². The topological polar surface area (TPSA) is 136 Å². The van der Waals surface area contributed by atoms with Gasteiger partial charge in [0, 0.05) is 17.3 Å². The molecule has 3 rings (SSSR count). The smallest absolute Gasteiger partial charge is 0.366 e. The molecule has 144 valence electrons. The summed E-state index contributed by atoms with van der Waals surface area (Å²) in [6.07, 6.45) is -4.19. The van der Waals surface area contributed by atoms with Gasteiger partial charge in [-0.25, -0.2) is 9.78 Å². The third-order valence-electron chi connectivity index (χ3n) is 3.59. The van der Waals surface area contributed by atoms with E-state index in [1.165, 1.54) is 24.3 Å². The molecule has 2 heterocycles. The quantitative estimate of drug-likeness (QED) is 0.615. The lowest BCUT2D eigenvalue weighted by Gasteiger charge is -2.12. The van der Waals surface area contributed by atoms with Crippen molar-refractivity contribution in [1.29, 1.82) is 0 Å². The Morgan fingerprint density at radius 3 is 2.32 bits per heavy atom. The number of halogens is 3. The van der Waals surface area contributed by atoms with Gasteiger partial charge in [-0.2, -0.15) is 23.4 Å². The van der Waals surface area contributed by atoms with Crippen LogP contribution in [-0.2, 0) is 6.18 Å². The second-order valence-corrected chi connectivity index (χ2v) is 5.49. The van der Waals surface area contributed by atoms with Crippen LogP contribution < -0.4 is 16.6 Å². The second-order valence-electron chi connectivity index (χ2n) is 5.49. The number of H-pyrrole nitrogens is 1. The summed E-state index contributed by atoms with van der Waals surface area (Å²) in [5.41, 5.74) is 2.70. The normalized spacial score (nSPS) is 11.2. The van der Waals surface area contributed by atoms with Gasteiger partial charge in [0.15, 0.2) is 11.5 Å². The fourth-order valence-electron chi connectivity index (χ4n) is 2.33. The summed E-state index contributed by atoms with van der Waals surface area (Å²) in [6, 6.07) is 7.28. The van der Waals surface area contributed by atoms with Crippen molar-refractivity contribution in [2.24, 2.45) is 5.73 Å². The Bertz CT molecular complexity index is 1080. The van der Waals surface area contributed by atoms with E-state index in [9.17, 15) is 27.6 Å². The lowest BCUT2D eigenvalue weighted by atomic mass is 10.2. The molecule has 0 spiro atoms. The third kappa shape index (κ3) is 3.75. The van der Waals surface area contributed by atoms with Crippen LogP contribution in [-0.4, -0.2) is 31.8 Å². The Morgan fingerprint density at radius 1 is 1.11 bits per heavy atom. The molecular weight excluding hydrogens is 381 g/mol. The van der Waals surface area contributed by atoms with E-state index in [1.807, 2.05) is 5.10 Å². The standard InChI is InChI=1S/C16H11F3N6O3/c17-16(18,19)13-10(7-21-25(13)11-5-6-12(26)24-23-11)15(28)22-9-3-1-8(2-4-9)14(20)27/h1-7H,(H2,20,27)(H,22,28)(H,24,26). The molecule has 0 bridgehead atoms. The van der Waals surface area contributed by atoms with Gasteiger partial charge >= 0.3 is 6.18 Å². The van der Waals surface area contributed by atoms with Crippen molar-refractivity contribution in [2.75, 3.05) is 5.32 Å². The number of benzene rings is 1. The van der Waals surface area contributed by atoms with Gasteiger partial charge in [-0.15, -0.1) is 0 Å². The van der Waals surface area contributed by atoms with Gasteiger partial charge in [-0.05, 0) is 30.3 Å². The van der Waals surface area contributed by atoms with Gasteiger partial charge in [0.25, 0.3) is 11.5 Å². The molecule has 0 radical (unpaired) electrons. The van der Waals surface area contributed by atoms with Gasteiger partial charge in [0.2, 0.25) is 5.91 Å². The number of aromatic nitrogens is 4. The summed E-state index contributed by atoms with van der Waals surface area (Å²) in [4.78, 5) is 34.5. The Morgan fingerprint density at radius 2 is 1.79 bits per heavy atom. The van der Waals surface area contributed by atoms with Crippen LogP contribution >= 0.6 is 0 Å². The summed E-state index contributed by atoms with van der Waals surface area (Å²) >= 11 is 0. The molecule has 0 saturated carbocycles. The number of anilines is 1. The van der Waals surface area contributed by atoms with Crippen LogP contribution in [0.15, 0.2) is 47.4 Å². The highest BCUT2D eigenvalue weighted by molar-refractivity contribution is 6.05. The average molecular weight is 392 g/mol. The van der Waals surface area contributed by atoms with Gasteiger partial charge in [0.05, 0.1) is 11.8 Å². The van der Waals surface area contributed by atoms with Crippen molar-refractivity contribution in [1.82, 2.24) is 20.0 Å². The first-order chi connectivity index (χ1) is 13.2. The fraction of sp³-hybridized carbons (Fsp3) is 0.0625. The first-order valence-electron chi connectivity index (χ1n) is 7.59. The van der Waals surface area contributed by atoms with Gasteiger partial charge in [-0.3, -0.25) is 14.4 Å². The maximum absolute atomic E-state index is 13.6. The van der Waals surface area contributed by atoms with Crippen LogP contribution in [0.4, 0.5) is 18.9 Å². The Labute approximate surface area is 154 Å². The molecule has 0 aliphatic heterocycles. The lowest BCUT2D eigenvalue weighted by molar-refractivity contribution is -0.143. The minimum atomic E-state index is -4.93. The summed E-state index contributed by atoms with van der Waals surface area (Å²) in [5.74, 6) is -2.08. The number of nitrogens with one attached hydrogen (secondary N) is 2. The molecule has 2 aromatic heterocycles. The van der Waals surface area contributed by atoms with E-state index < -0.39 is 34.8 Å². The summed E-state index contributed by atoms with van der Waals surface area (Å²) in [5, 5.41) is 11.4. The average Bonchev–Trinajstić information content (AvgIpc) is 3.08. The molecule has 28 heavy (non-hydrogen) atoms. The zero-order valence-corrected chi connectivity index (χ0v) is 13.8. The zero-order valence-electron chi connectivity index (χ0n) is 13.8. The molecule has 0 unspecified atom stereocenters. The zero-order chi connectivity index (χ0) is 20.5. The van der Waals surface area contributed by atoms with Crippen LogP contribution in [0.3, 0.4) is 0 Å². The largest absolute Gasteiger partial charge is 0.434 e. The SMILES string of the molecule is NC(=O)c1ccc(NC(=O)c2cnn(-c3ccc(=O)[nH]n3)c2C(F)(F)F)cc1. The first kappa shape index (κ1) is 18.8. The molecule has 0 fully saturated rings. The lowest BCUT2D eigenvalue weighted by Crippen LogP contribution is -2.22. The number of carbonyl (C=O) groups is 2. The Kier molecular flexibility index (Phi) is 4.69. The van der Waals surface area contributed by atoms with E-state index in [2.05, 4.69) is 15.5 Å². The van der Waals surface area contributed by atoms with Crippen molar-refractivity contribution < 1.29 is 22.8 Å². The molecule has 12 heteroatoms. The number of primary amides is 1. The molecule has 9 nitrogen and oxygen atoms in total. The fourth-order valence-corrected chi connectivity index (χ4v) is 2.33. The maximum Gasteiger partial charge on any atom is 0.434 e. The predicted octanol–water partition coefficient (Wildman–Crippen LogP) is 1.33. The molecule has 1 aromatic carbocycles. The van der Waals surface area contributed by atoms with Crippen LogP contribution in [0.5, 0.6) is 0 Å². The highest BCUT2D eigenvalue weighted by Gasteiger charge is 2.41. The number of hydrogen-bond donors (Lipinski definition) is 3. The van der Waals surface area contributed by atoms with Crippen LogP contribution in [0, 0.1) is 0 Å². The summed E-state index contributed by atoms with van der Waals surface area (Å²) in [6.45, 7) is 0. The maximum atomic E-state index is 13.6. The molecule has 0 atom stereocenters. The molecule has 3 aromatic rings. The van der Waals surface area contributed by atoms with E-state index in [1.54, 1.807) is 0 Å². The van der Waals surface area contributed by atoms with E-state index in [0.29, 0.717) is 4.68 Å². The summed E-state index contributed by atoms with van der Waals surface area (Å²) < 4.78 is 41.1. The Balaban J connectivity index is 1.97. The van der Waals surface area contributed by atoms with Crippen LogP contribution in [0.1, 0.15) is 26.4 Å². The van der Waals surface area contributed by atoms with E-state index in [0.717, 1.165) is 18.3 Å². The van der Waals surface area contributed by atoms with E-state index in [4.69, 9.17) is 5.73 Å². The molecule has 0 aliphatic rings. The number of amides is 2. The number of rotatable bonds is 4. The molecule has 0 saturated heterocycles. The van der Waals surface area contributed by atoms with Crippen molar-refractivity contribution in [2.45, 2.75) is 6.18 Å². The minimum absolute atomic E-state index is 0.151. The number of alkyl halides is 3. The van der Waals surface area contributed by atoms with Gasteiger partial charge in [0.1, 0.15) is 0 Å².